The third-order valence-electron chi connectivity index (χ3n) is 5.03. The second-order valence-electron chi connectivity index (χ2n) is 6.47. The molecule has 0 saturated carbocycles. The quantitative estimate of drug-likeness (QED) is 0.693. The SMILES string of the molecule is C.CC(C)N1C[C@@H]2C[C@H](C1)[C@@H]1CCCCN1C2. The first-order valence-corrected chi connectivity index (χ1v) is 7.22. The number of hydrogen-bond donors (Lipinski definition) is 0. The zero-order valence-corrected chi connectivity index (χ0v) is 10.9. The van der Waals surface area contributed by atoms with Crippen molar-refractivity contribution in [1.29, 1.82) is 0 Å². The molecule has 3 atom stereocenters. The van der Waals surface area contributed by atoms with Crippen LogP contribution in [0.1, 0.15) is 47.0 Å². The zero-order chi connectivity index (χ0) is 11.1. The number of hydrogen-bond acceptors (Lipinski definition) is 2. The van der Waals surface area contributed by atoms with E-state index in [9.17, 15) is 0 Å². The minimum Gasteiger partial charge on any atom is -0.300 e. The number of likely N-dealkylation sites (tertiary alicyclic amines) is 1. The van der Waals surface area contributed by atoms with Crippen LogP contribution in [-0.4, -0.2) is 48.1 Å². The second kappa shape index (κ2) is 5.27. The Hall–Kier alpha value is -0.0800. The largest absolute Gasteiger partial charge is 0.300 e. The van der Waals surface area contributed by atoms with Crippen molar-refractivity contribution in [3.8, 4) is 0 Å². The fraction of sp³-hybridized carbons (Fsp3) is 1.00. The fourth-order valence-electron chi connectivity index (χ4n) is 4.23. The average Bonchev–Trinajstić information content (AvgIpc) is 2.28. The molecule has 17 heavy (non-hydrogen) atoms. The third-order valence-corrected chi connectivity index (χ3v) is 5.03. The summed E-state index contributed by atoms with van der Waals surface area (Å²) in [7, 11) is 0. The van der Waals surface area contributed by atoms with Gasteiger partial charge in [-0.25, -0.2) is 0 Å². The van der Waals surface area contributed by atoms with E-state index < -0.39 is 0 Å². The molecule has 2 heteroatoms. The Morgan fingerprint density at radius 3 is 2.65 bits per heavy atom. The number of rotatable bonds is 1. The second-order valence-corrected chi connectivity index (χ2v) is 6.47. The molecular weight excluding hydrogens is 208 g/mol. The van der Waals surface area contributed by atoms with Gasteiger partial charge in [-0.15, -0.1) is 0 Å². The van der Waals surface area contributed by atoms with Gasteiger partial charge in [-0.3, -0.25) is 4.90 Å². The van der Waals surface area contributed by atoms with Crippen LogP contribution in [0.4, 0.5) is 0 Å². The van der Waals surface area contributed by atoms with Crippen molar-refractivity contribution in [2.24, 2.45) is 11.8 Å². The van der Waals surface area contributed by atoms with E-state index in [4.69, 9.17) is 0 Å². The highest BCUT2D eigenvalue weighted by molar-refractivity contribution is 4.96. The summed E-state index contributed by atoms with van der Waals surface area (Å²) in [6.07, 6.45) is 5.92. The van der Waals surface area contributed by atoms with Crippen LogP contribution in [0.2, 0.25) is 0 Å². The predicted molar refractivity (Wildman–Crippen MR) is 74.2 cm³/mol. The van der Waals surface area contributed by atoms with E-state index in [0.717, 1.165) is 23.9 Å². The summed E-state index contributed by atoms with van der Waals surface area (Å²) in [6.45, 7) is 10.2. The van der Waals surface area contributed by atoms with Crippen molar-refractivity contribution >= 4 is 0 Å². The van der Waals surface area contributed by atoms with Crippen LogP contribution < -0.4 is 0 Å². The van der Waals surface area contributed by atoms with Crippen LogP contribution in [0.5, 0.6) is 0 Å². The van der Waals surface area contributed by atoms with Crippen LogP contribution in [0.25, 0.3) is 0 Å². The van der Waals surface area contributed by atoms with E-state index in [1.807, 2.05) is 0 Å². The first kappa shape index (κ1) is 13.4. The molecule has 3 aliphatic heterocycles. The molecular formula is C15H30N2. The lowest BCUT2D eigenvalue weighted by Crippen LogP contribution is -2.59. The molecule has 0 spiro atoms. The Morgan fingerprint density at radius 2 is 1.88 bits per heavy atom. The van der Waals surface area contributed by atoms with E-state index in [2.05, 4.69) is 23.6 Å². The van der Waals surface area contributed by atoms with Crippen molar-refractivity contribution < 1.29 is 0 Å². The molecule has 2 nitrogen and oxygen atoms in total. The van der Waals surface area contributed by atoms with Gasteiger partial charge in [0.15, 0.2) is 0 Å². The minimum absolute atomic E-state index is 0. The van der Waals surface area contributed by atoms with E-state index in [0.29, 0.717) is 0 Å². The van der Waals surface area contributed by atoms with Gasteiger partial charge in [-0.2, -0.15) is 0 Å². The summed E-state index contributed by atoms with van der Waals surface area (Å²) in [5, 5.41) is 0. The Balaban J connectivity index is 0.00000108. The third kappa shape index (κ3) is 2.53. The predicted octanol–water partition coefficient (Wildman–Crippen LogP) is 2.84. The molecule has 3 fully saturated rings. The van der Waals surface area contributed by atoms with Crippen molar-refractivity contribution in [3.63, 3.8) is 0 Å². The van der Waals surface area contributed by atoms with Gasteiger partial charge in [0, 0.05) is 31.7 Å². The maximum Gasteiger partial charge on any atom is 0.0136 e. The molecule has 0 aromatic heterocycles. The Morgan fingerprint density at radius 1 is 1.06 bits per heavy atom. The highest BCUT2D eigenvalue weighted by Crippen LogP contribution is 2.37. The Labute approximate surface area is 107 Å². The van der Waals surface area contributed by atoms with Gasteiger partial charge in [-0.1, -0.05) is 13.8 Å². The molecule has 3 aliphatic rings. The van der Waals surface area contributed by atoms with E-state index in [1.54, 1.807) is 0 Å². The standard InChI is InChI=1S/C14H26N2.CH4/c1-11(2)16-9-12-7-13(10-16)14-5-3-4-6-15(14)8-12;/h11-14H,3-10H2,1-2H3;1H4/t12-,13-,14+;/m1./s1. The molecule has 0 amide bonds. The van der Waals surface area contributed by atoms with Crippen LogP contribution in [-0.2, 0) is 0 Å². The summed E-state index contributed by atoms with van der Waals surface area (Å²) in [4.78, 5) is 5.55. The van der Waals surface area contributed by atoms with Crippen molar-refractivity contribution in [3.05, 3.63) is 0 Å². The Bertz CT molecular complexity index is 251. The van der Waals surface area contributed by atoms with E-state index >= 15 is 0 Å². The van der Waals surface area contributed by atoms with Crippen LogP contribution in [0, 0.1) is 11.8 Å². The monoisotopic (exact) mass is 238 g/mol. The summed E-state index contributed by atoms with van der Waals surface area (Å²) < 4.78 is 0. The highest BCUT2D eigenvalue weighted by atomic mass is 15.2. The molecule has 3 heterocycles. The molecule has 0 N–H and O–H groups in total. The number of nitrogens with zero attached hydrogens (tertiary/aromatic N) is 2. The molecule has 0 aromatic carbocycles. The van der Waals surface area contributed by atoms with Gasteiger partial charge < -0.3 is 4.90 Å². The lowest BCUT2D eigenvalue weighted by Gasteiger charge is -2.53. The molecule has 3 rings (SSSR count). The Kier molecular flexibility index (Phi) is 4.14. The maximum atomic E-state index is 2.82. The van der Waals surface area contributed by atoms with Gasteiger partial charge in [-0.05, 0) is 51.5 Å². The normalized spacial score (nSPS) is 38.6. The smallest absolute Gasteiger partial charge is 0.0136 e. The minimum atomic E-state index is 0. The zero-order valence-electron chi connectivity index (χ0n) is 10.9. The number of piperidine rings is 3. The maximum absolute atomic E-state index is 2.82. The summed E-state index contributed by atoms with van der Waals surface area (Å²) in [5.41, 5.74) is 0. The summed E-state index contributed by atoms with van der Waals surface area (Å²) in [6, 6.07) is 1.69. The lowest BCUT2D eigenvalue weighted by molar-refractivity contribution is -0.0383. The molecule has 2 bridgehead atoms. The topological polar surface area (TPSA) is 6.48 Å². The van der Waals surface area contributed by atoms with Gasteiger partial charge in [0.1, 0.15) is 0 Å². The molecule has 0 aromatic rings. The van der Waals surface area contributed by atoms with Crippen LogP contribution in [0.3, 0.4) is 0 Å². The molecule has 3 saturated heterocycles. The van der Waals surface area contributed by atoms with Crippen LogP contribution >= 0.6 is 0 Å². The van der Waals surface area contributed by atoms with E-state index in [1.165, 1.54) is 51.9 Å². The van der Waals surface area contributed by atoms with Crippen LogP contribution in [0.15, 0.2) is 0 Å². The molecule has 100 valence electrons. The first-order chi connectivity index (χ1) is 7.74. The molecule has 0 unspecified atom stereocenters. The van der Waals surface area contributed by atoms with E-state index in [-0.39, 0.29) is 7.43 Å². The van der Waals surface area contributed by atoms with Gasteiger partial charge in [0.2, 0.25) is 0 Å². The van der Waals surface area contributed by atoms with Gasteiger partial charge >= 0.3 is 0 Å². The van der Waals surface area contributed by atoms with Crippen molar-refractivity contribution in [2.45, 2.75) is 59.0 Å². The van der Waals surface area contributed by atoms with Crippen molar-refractivity contribution in [2.75, 3.05) is 26.2 Å². The van der Waals surface area contributed by atoms with Gasteiger partial charge in [0.05, 0.1) is 0 Å². The summed E-state index contributed by atoms with van der Waals surface area (Å²) >= 11 is 0. The lowest BCUT2D eigenvalue weighted by atomic mass is 9.76. The molecule has 0 radical (unpaired) electrons. The average molecular weight is 238 g/mol. The first-order valence-electron chi connectivity index (χ1n) is 7.22. The highest BCUT2D eigenvalue weighted by Gasteiger charge is 2.41. The summed E-state index contributed by atoms with van der Waals surface area (Å²) in [5.74, 6) is 1.95. The van der Waals surface area contributed by atoms with Gasteiger partial charge in [0.25, 0.3) is 0 Å². The molecule has 0 aliphatic carbocycles. The fourth-order valence-corrected chi connectivity index (χ4v) is 4.23. The number of fused-ring (bicyclic) bond motifs is 4. The van der Waals surface area contributed by atoms with Crippen molar-refractivity contribution in [1.82, 2.24) is 9.80 Å².